The lowest BCUT2D eigenvalue weighted by Gasteiger charge is -2.04. The van der Waals surface area contributed by atoms with Crippen molar-refractivity contribution < 1.29 is 19.6 Å². The van der Waals surface area contributed by atoms with Crippen LogP contribution in [0.2, 0.25) is 0 Å². The van der Waals surface area contributed by atoms with Gasteiger partial charge in [0.05, 0.1) is 14.2 Å². The Hall–Kier alpha value is -2.98. The third-order valence-corrected chi connectivity index (χ3v) is 3.36. The Balaban J connectivity index is 0.000000219. The molecule has 0 aliphatic carbocycles. The van der Waals surface area contributed by atoms with E-state index in [1.807, 2.05) is 66.7 Å². The Bertz CT molecular complexity index is 661. The maximum absolute atomic E-state index is 8.45. The minimum Gasteiger partial charge on any atom is -0.497 e. The van der Waals surface area contributed by atoms with Gasteiger partial charge in [0.15, 0.2) is 5.75 Å². The summed E-state index contributed by atoms with van der Waals surface area (Å²) in [6.45, 7) is 0. The van der Waals surface area contributed by atoms with Crippen LogP contribution in [0.5, 0.6) is 17.2 Å². The van der Waals surface area contributed by atoms with Crippen molar-refractivity contribution in [2.24, 2.45) is 0 Å². The van der Waals surface area contributed by atoms with Gasteiger partial charge in [-0.1, -0.05) is 42.5 Å². The Morgan fingerprint density at radius 1 is 0.542 bits per heavy atom. The van der Waals surface area contributed by atoms with E-state index < -0.39 is 0 Å². The summed E-state index contributed by atoms with van der Waals surface area (Å²) in [5.74, 6) is 2.17. The van der Waals surface area contributed by atoms with Gasteiger partial charge in [-0.25, -0.2) is 5.26 Å². The summed E-state index contributed by atoms with van der Waals surface area (Å²) in [6, 6.07) is 24.6. The van der Waals surface area contributed by atoms with Gasteiger partial charge in [0.25, 0.3) is 0 Å². The molecule has 0 fully saturated rings. The number of ether oxygens (including phenoxy) is 2. The highest BCUT2D eigenvalue weighted by molar-refractivity contribution is 5.64. The molecule has 0 bridgehead atoms. The molecule has 0 spiro atoms. The number of hydrogen-bond donors (Lipinski definition) is 1. The van der Waals surface area contributed by atoms with Crippen LogP contribution in [0.25, 0.3) is 11.1 Å². The average molecular weight is 324 g/mol. The summed E-state index contributed by atoms with van der Waals surface area (Å²) in [7, 11) is 3.30. The molecule has 0 heterocycles. The van der Waals surface area contributed by atoms with Crippen molar-refractivity contribution in [3.8, 4) is 28.4 Å². The topological polar surface area (TPSA) is 47.9 Å². The maximum atomic E-state index is 8.45. The molecule has 0 amide bonds. The second kappa shape index (κ2) is 9.22. The van der Waals surface area contributed by atoms with E-state index in [2.05, 4.69) is 4.89 Å². The van der Waals surface area contributed by atoms with Crippen molar-refractivity contribution >= 4 is 0 Å². The van der Waals surface area contributed by atoms with Gasteiger partial charge in [0, 0.05) is 0 Å². The fourth-order valence-corrected chi connectivity index (χ4v) is 2.05. The van der Waals surface area contributed by atoms with Gasteiger partial charge in [0.2, 0.25) is 0 Å². The molecule has 0 atom stereocenters. The lowest BCUT2D eigenvalue weighted by atomic mass is 10.1. The van der Waals surface area contributed by atoms with Gasteiger partial charge in [-0.15, -0.1) is 0 Å². The summed E-state index contributed by atoms with van der Waals surface area (Å²) in [6.07, 6.45) is 0. The lowest BCUT2D eigenvalue weighted by Crippen LogP contribution is -1.84. The highest BCUT2D eigenvalue weighted by atomic mass is 17.1. The zero-order valence-electron chi connectivity index (χ0n) is 13.7. The maximum Gasteiger partial charge on any atom is 0.165 e. The van der Waals surface area contributed by atoms with Gasteiger partial charge >= 0.3 is 0 Å². The fourth-order valence-electron chi connectivity index (χ4n) is 2.05. The first kappa shape index (κ1) is 17.4. The minimum absolute atomic E-state index is 0.428. The van der Waals surface area contributed by atoms with E-state index in [-0.39, 0.29) is 0 Å². The Morgan fingerprint density at radius 3 is 1.33 bits per heavy atom. The summed E-state index contributed by atoms with van der Waals surface area (Å²) in [5, 5.41) is 8.45. The van der Waals surface area contributed by atoms with E-state index in [1.54, 1.807) is 26.4 Å². The van der Waals surface area contributed by atoms with Crippen LogP contribution in [0.15, 0.2) is 78.9 Å². The zero-order chi connectivity index (χ0) is 17.2. The molecule has 0 unspecified atom stereocenters. The smallest absolute Gasteiger partial charge is 0.165 e. The third-order valence-electron chi connectivity index (χ3n) is 3.36. The van der Waals surface area contributed by atoms with E-state index in [0.29, 0.717) is 5.75 Å². The van der Waals surface area contributed by atoms with Gasteiger partial charge in [0.1, 0.15) is 11.5 Å². The van der Waals surface area contributed by atoms with Crippen molar-refractivity contribution in [2.75, 3.05) is 14.2 Å². The Kier molecular flexibility index (Phi) is 6.68. The monoisotopic (exact) mass is 324 g/mol. The summed E-state index contributed by atoms with van der Waals surface area (Å²) in [4.78, 5) is 4.12. The summed E-state index contributed by atoms with van der Waals surface area (Å²) in [5.41, 5.74) is 2.15. The number of para-hydroxylation sites is 1. The van der Waals surface area contributed by atoms with Crippen LogP contribution >= 0.6 is 0 Å². The molecule has 4 heteroatoms. The second-order valence-electron chi connectivity index (χ2n) is 4.86. The minimum atomic E-state index is 0.428. The van der Waals surface area contributed by atoms with Crippen LogP contribution in [0.1, 0.15) is 0 Å². The first-order valence-corrected chi connectivity index (χ1v) is 7.41. The zero-order valence-corrected chi connectivity index (χ0v) is 13.7. The van der Waals surface area contributed by atoms with E-state index in [9.17, 15) is 0 Å². The largest absolute Gasteiger partial charge is 0.497 e. The highest BCUT2D eigenvalue weighted by Crippen LogP contribution is 2.24. The fraction of sp³-hybridized carbons (Fsp3) is 0.100. The molecule has 3 aromatic rings. The van der Waals surface area contributed by atoms with E-state index in [1.165, 1.54) is 0 Å². The molecule has 0 saturated heterocycles. The van der Waals surface area contributed by atoms with Crippen molar-refractivity contribution in [1.82, 2.24) is 0 Å². The molecule has 3 rings (SSSR count). The van der Waals surface area contributed by atoms with Gasteiger partial charge < -0.3 is 14.4 Å². The van der Waals surface area contributed by atoms with Crippen LogP contribution in [0.3, 0.4) is 0 Å². The van der Waals surface area contributed by atoms with Crippen molar-refractivity contribution in [2.45, 2.75) is 0 Å². The van der Waals surface area contributed by atoms with Crippen molar-refractivity contribution in [3.63, 3.8) is 0 Å². The standard InChI is InChI=1S/C13H12O3.C7H8O/c1-15-12-6-2-10(3-7-12)11-4-8-13(16-14)9-5-11;1-8-7-5-3-2-4-6-7/h2-9,14H,1H3;2-6H,1H3. The molecule has 0 aromatic heterocycles. The molecule has 1 N–H and O–H groups in total. The summed E-state index contributed by atoms with van der Waals surface area (Å²) < 4.78 is 10.0. The second-order valence-corrected chi connectivity index (χ2v) is 4.86. The molecular formula is C20H20O4. The van der Waals surface area contributed by atoms with Gasteiger partial charge in [-0.05, 0) is 47.5 Å². The van der Waals surface area contributed by atoms with Crippen LogP contribution in [0, 0.1) is 0 Å². The first-order valence-electron chi connectivity index (χ1n) is 7.41. The van der Waals surface area contributed by atoms with Crippen LogP contribution in [-0.4, -0.2) is 19.5 Å². The Morgan fingerprint density at radius 2 is 0.958 bits per heavy atom. The molecule has 4 nitrogen and oxygen atoms in total. The van der Waals surface area contributed by atoms with E-state index in [4.69, 9.17) is 14.7 Å². The quantitative estimate of drug-likeness (QED) is 0.547. The molecular weight excluding hydrogens is 304 g/mol. The molecule has 124 valence electrons. The van der Waals surface area contributed by atoms with Crippen molar-refractivity contribution in [3.05, 3.63) is 78.9 Å². The normalized spacial score (nSPS) is 9.46. The highest BCUT2D eigenvalue weighted by Gasteiger charge is 1.99. The van der Waals surface area contributed by atoms with Crippen LogP contribution < -0.4 is 14.4 Å². The first-order chi connectivity index (χ1) is 11.8. The SMILES string of the molecule is COc1ccc(-c2ccc(OO)cc2)cc1.COc1ccccc1. The number of hydrogen-bond acceptors (Lipinski definition) is 4. The van der Waals surface area contributed by atoms with E-state index in [0.717, 1.165) is 22.6 Å². The molecule has 0 saturated carbocycles. The molecule has 0 aliphatic heterocycles. The van der Waals surface area contributed by atoms with Crippen molar-refractivity contribution in [1.29, 1.82) is 0 Å². The third kappa shape index (κ3) is 5.04. The van der Waals surface area contributed by atoms with Gasteiger partial charge in [-0.3, -0.25) is 0 Å². The molecule has 0 radical (unpaired) electrons. The predicted molar refractivity (Wildman–Crippen MR) is 94.7 cm³/mol. The number of rotatable bonds is 4. The number of benzene rings is 3. The molecule has 3 aromatic carbocycles. The van der Waals surface area contributed by atoms with Crippen LogP contribution in [-0.2, 0) is 0 Å². The summed E-state index contributed by atoms with van der Waals surface area (Å²) >= 11 is 0. The Labute approximate surface area is 141 Å². The van der Waals surface area contributed by atoms with E-state index >= 15 is 0 Å². The lowest BCUT2D eigenvalue weighted by molar-refractivity contribution is -0.137. The molecule has 0 aliphatic rings. The van der Waals surface area contributed by atoms with Gasteiger partial charge in [-0.2, -0.15) is 0 Å². The number of methoxy groups -OCH3 is 2. The van der Waals surface area contributed by atoms with Crippen LogP contribution in [0.4, 0.5) is 0 Å². The average Bonchev–Trinajstić information content (AvgIpc) is 2.69. The predicted octanol–water partition coefficient (Wildman–Crippen LogP) is 4.91. The molecule has 24 heavy (non-hydrogen) atoms.